The molecular formula is C59H107NO18. The average molecular weight is 1120 g/mol. The summed E-state index contributed by atoms with van der Waals surface area (Å²) in [5.74, 6) is -0.378. The fourth-order valence-electron chi connectivity index (χ4n) is 10.2. The Morgan fingerprint density at radius 1 is 0.449 bits per heavy atom. The Hall–Kier alpha value is -1.99. The molecular weight excluding hydrogens is 1010 g/mol. The lowest BCUT2D eigenvalue weighted by Crippen LogP contribution is -2.66. The predicted octanol–water partition coefficient (Wildman–Crippen LogP) is 5.32. The van der Waals surface area contributed by atoms with Gasteiger partial charge in [-0.2, -0.15) is 0 Å². The zero-order valence-electron chi connectivity index (χ0n) is 47.4. The third kappa shape index (κ3) is 26.5. The Bertz CT molecular complexity index is 1570. The van der Waals surface area contributed by atoms with E-state index in [9.17, 15) is 61.0 Å². The first-order valence-corrected chi connectivity index (χ1v) is 30.2. The van der Waals surface area contributed by atoms with Crippen LogP contribution in [0.25, 0.3) is 0 Å². The topological polar surface area (TPSA) is 307 Å². The van der Waals surface area contributed by atoms with Crippen molar-refractivity contribution in [3.63, 3.8) is 0 Å². The molecule has 19 heteroatoms. The number of amides is 1. The van der Waals surface area contributed by atoms with E-state index < -0.39 is 124 Å². The van der Waals surface area contributed by atoms with Gasteiger partial charge in [0.05, 0.1) is 38.6 Å². The predicted molar refractivity (Wildman–Crippen MR) is 296 cm³/mol. The van der Waals surface area contributed by atoms with Gasteiger partial charge in [0.25, 0.3) is 0 Å². The maximum atomic E-state index is 12.4. The maximum absolute atomic E-state index is 12.4. The highest BCUT2D eigenvalue weighted by molar-refractivity contribution is 5.75. The van der Waals surface area contributed by atoms with Crippen molar-refractivity contribution in [3.8, 4) is 0 Å². The number of carbonyl (C=O) groups is 1. The number of unbranched alkanes of at least 4 members (excludes halogenated alkanes) is 25. The molecule has 0 aliphatic carbocycles. The number of hydrogen-bond donors (Lipinski definition) is 12. The van der Waals surface area contributed by atoms with Crippen molar-refractivity contribution >= 4 is 5.91 Å². The molecule has 3 fully saturated rings. The molecule has 3 aliphatic heterocycles. The van der Waals surface area contributed by atoms with E-state index in [4.69, 9.17) is 28.4 Å². The molecule has 78 heavy (non-hydrogen) atoms. The number of aliphatic hydroxyl groups is 11. The number of allylic oxidation sites excluding steroid dienone is 5. The Morgan fingerprint density at radius 3 is 1.23 bits per heavy atom. The summed E-state index contributed by atoms with van der Waals surface area (Å²) in [5.41, 5.74) is 0. The summed E-state index contributed by atoms with van der Waals surface area (Å²) < 4.78 is 33.8. The van der Waals surface area contributed by atoms with Gasteiger partial charge in [0.15, 0.2) is 18.9 Å². The van der Waals surface area contributed by atoms with Crippen LogP contribution in [0.1, 0.15) is 200 Å². The quantitative estimate of drug-likeness (QED) is 0.0271. The lowest BCUT2D eigenvalue weighted by molar-refractivity contribution is -0.379. The van der Waals surface area contributed by atoms with Crippen LogP contribution in [0.5, 0.6) is 0 Å². The number of hydrogen-bond acceptors (Lipinski definition) is 18. The summed E-state index contributed by atoms with van der Waals surface area (Å²) in [6, 6.07) is -0.991. The molecule has 0 spiro atoms. The van der Waals surface area contributed by atoms with Crippen molar-refractivity contribution < 1.29 is 89.4 Å². The third-order valence-electron chi connectivity index (χ3n) is 15.2. The van der Waals surface area contributed by atoms with Crippen molar-refractivity contribution in [2.45, 2.75) is 304 Å². The highest BCUT2D eigenvalue weighted by atomic mass is 16.8. The molecule has 0 aromatic heterocycles. The molecule has 0 radical (unpaired) electrons. The van der Waals surface area contributed by atoms with E-state index in [1.807, 2.05) is 0 Å². The maximum Gasteiger partial charge on any atom is 0.220 e. The summed E-state index contributed by atoms with van der Waals surface area (Å²) in [6.07, 6.45) is 21.9. The van der Waals surface area contributed by atoms with Gasteiger partial charge in [-0.25, -0.2) is 0 Å². The Labute approximate surface area is 466 Å². The van der Waals surface area contributed by atoms with Gasteiger partial charge in [0, 0.05) is 6.42 Å². The largest absolute Gasteiger partial charge is 0.394 e. The van der Waals surface area contributed by atoms with Gasteiger partial charge in [-0.3, -0.25) is 4.79 Å². The molecule has 0 bridgehead atoms. The van der Waals surface area contributed by atoms with Gasteiger partial charge in [-0.1, -0.05) is 192 Å². The number of aliphatic hydroxyl groups excluding tert-OH is 11. The average Bonchev–Trinajstić information content (AvgIpc) is 3.45. The summed E-state index contributed by atoms with van der Waals surface area (Å²) in [6.45, 7) is 1.11. The normalized spacial score (nSPS) is 30.7. The Balaban J connectivity index is 1.26. The molecule has 3 aliphatic rings. The summed E-state index contributed by atoms with van der Waals surface area (Å²) >= 11 is 0. The minimum atomic E-state index is -1.98. The monoisotopic (exact) mass is 1120 g/mol. The van der Waals surface area contributed by atoms with Crippen LogP contribution in [0.15, 0.2) is 36.5 Å². The van der Waals surface area contributed by atoms with Crippen LogP contribution in [-0.4, -0.2) is 193 Å². The van der Waals surface area contributed by atoms with Crippen LogP contribution in [0, 0.1) is 0 Å². The van der Waals surface area contributed by atoms with Crippen molar-refractivity contribution in [3.05, 3.63) is 36.5 Å². The smallest absolute Gasteiger partial charge is 0.220 e. The number of rotatable bonds is 44. The zero-order valence-corrected chi connectivity index (χ0v) is 47.4. The molecule has 1 amide bonds. The lowest BCUT2D eigenvalue weighted by Gasteiger charge is -2.48. The van der Waals surface area contributed by atoms with E-state index in [2.05, 4.69) is 36.5 Å². The van der Waals surface area contributed by atoms with Crippen LogP contribution in [0.2, 0.25) is 0 Å². The molecule has 3 rings (SSSR count). The van der Waals surface area contributed by atoms with Crippen LogP contribution in [-0.2, 0) is 33.2 Å². The molecule has 17 unspecified atom stereocenters. The lowest BCUT2D eigenvalue weighted by atomic mass is 9.96. The highest BCUT2D eigenvalue weighted by Crippen LogP contribution is 2.33. The molecule has 19 nitrogen and oxygen atoms in total. The first kappa shape index (κ1) is 70.3. The van der Waals surface area contributed by atoms with E-state index in [0.29, 0.717) is 6.42 Å². The van der Waals surface area contributed by atoms with Crippen molar-refractivity contribution in [2.24, 2.45) is 0 Å². The first-order chi connectivity index (χ1) is 37.8. The SMILES string of the molecule is CCCCCCCCCCCCCCCCCCCCCCCCC/C=C/CC/C=C/CC/C=C/C(O)C(COC1OC(CO)C(OC2OC(CO)C(OC3OC(CO)C(O)C(O)C3O)C(O)C2O)C(O)C1O)NC(=O)CC. The standard InChI is InChI=1S/C59H107NO18/c1-3-5-6-7-8-9-10-11-12-13-14-15-16-17-18-19-20-21-22-23-24-25-26-27-28-29-30-31-32-33-34-35-36-37-43(64)42(60-47(65)4-2)41-73-57-53(71)50(68)55(45(39-62)75-57)78-59-54(72)51(69)56(46(40-63)76-59)77-58-52(70)49(67)48(66)44(38-61)74-58/h28-29,32-33,36-37,42-46,48-59,61-64,66-72H,3-27,30-31,34-35,38-41H2,1-2H3,(H,60,65)/b29-28+,33-32+,37-36+. The summed E-state index contributed by atoms with van der Waals surface area (Å²) in [4.78, 5) is 12.4. The van der Waals surface area contributed by atoms with Gasteiger partial charge in [0.2, 0.25) is 5.91 Å². The van der Waals surface area contributed by atoms with E-state index in [1.54, 1.807) is 19.1 Å². The van der Waals surface area contributed by atoms with Gasteiger partial charge >= 0.3 is 0 Å². The molecule has 0 aromatic carbocycles. The Morgan fingerprint density at radius 2 is 0.808 bits per heavy atom. The first-order valence-electron chi connectivity index (χ1n) is 30.2. The zero-order chi connectivity index (χ0) is 56.9. The van der Waals surface area contributed by atoms with E-state index >= 15 is 0 Å². The minimum absolute atomic E-state index is 0.112. The highest BCUT2D eigenvalue weighted by Gasteiger charge is 2.53. The number of ether oxygens (including phenoxy) is 6. The molecule has 0 aromatic rings. The number of nitrogens with one attached hydrogen (secondary N) is 1. The summed E-state index contributed by atoms with van der Waals surface area (Å²) in [5, 5.41) is 119. The second-order valence-electron chi connectivity index (χ2n) is 21.8. The minimum Gasteiger partial charge on any atom is -0.394 e. The van der Waals surface area contributed by atoms with Crippen LogP contribution >= 0.6 is 0 Å². The fourth-order valence-corrected chi connectivity index (χ4v) is 10.2. The molecule has 456 valence electrons. The van der Waals surface area contributed by atoms with Crippen molar-refractivity contribution in [1.29, 1.82) is 0 Å². The van der Waals surface area contributed by atoms with Gasteiger partial charge in [0.1, 0.15) is 73.2 Å². The molecule has 3 saturated heterocycles. The second kappa shape index (κ2) is 42.8. The second-order valence-corrected chi connectivity index (χ2v) is 21.8. The van der Waals surface area contributed by atoms with Crippen molar-refractivity contribution in [2.75, 3.05) is 26.4 Å². The van der Waals surface area contributed by atoms with Crippen LogP contribution in [0.4, 0.5) is 0 Å². The van der Waals surface area contributed by atoms with Gasteiger partial charge in [-0.15, -0.1) is 0 Å². The fraction of sp³-hybridized carbons (Fsp3) is 0.881. The number of carbonyl (C=O) groups excluding carboxylic acids is 1. The molecule has 0 saturated carbocycles. The molecule has 12 N–H and O–H groups in total. The molecule has 17 atom stereocenters. The Kier molecular flexibility index (Phi) is 38.5. The van der Waals surface area contributed by atoms with Crippen molar-refractivity contribution in [1.82, 2.24) is 5.32 Å². The van der Waals surface area contributed by atoms with E-state index in [-0.39, 0.29) is 18.9 Å². The van der Waals surface area contributed by atoms with Crippen LogP contribution < -0.4 is 5.32 Å². The van der Waals surface area contributed by atoms with E-state index in [0.717, 1.165) is 25.7 Å². The van der Waals surface area contributed by atoms with Crippen LogP contribution in [0.3, 0.4) is 0 Å². The van der Waals surface area contributed by atoms with Gasteiger partial charge < -0.3 is 89.9 Å². The summed E-state index contributed by atoms with van der Waals surface area (Å²) in [7, 11) is 0. The van der Waals surface area contributed by atoms with E-state index in [1.165, 1.54) is 148 Å². The third-order valence-corrected chi connectivity index (χ3v) is 15.2. The molecule has 3 heterocycles. The van der Waals surface area contributed by atoms with Gasteiger partial charge in [-0.05, 0) is 38.5 Å².